The molecular weight excluding hydrogens is 276 g/mol. The van der Waals surface area contributed by atoms with Gasteiger partial charge in [-0.05, 0) is 25.1 Å². The summed E-state index contributed by atoms with van der Waals surface area (Å²) >= 11 is 0. The second-order valence-electron chi connectivity index (χ2n) is 4.16. The fraction of sp³-hybridized carbons (Fsp3) is 0.455. The summed E-state index contributed by atoms with van der Waals surface area (Å²) < 4.78 is 34.8. The smallest absolute Gasteiger partial charge is 0.369 e. The number of nitrogens with one attached hydrogen (secondary N) is 1. The number of fused-ring (bicyclic) bond motifs is 1. The quantitative estimate of drug-likeness (QED) is 0.568. The van der Waals surface area contributed by atoms with Crippen LogP contribution in [0.4, 0.5) is 4.39 Å². The molecule has 1 aliphatic heterocycles. The third kappa shape index (κ3) is 3.39. The van der Waals surface area contributed by atoms with Gasteiger partial charge in [0.25, 0.3) is 0 Å². The Bertz CT molecular complexity index is 506. The minimum atomic E-state index is -4.70. The van der Waals surface area contributed by atoms with Crippen LogP contribution in [0.3, 0.4) is 0 Å². The molecule has 0 radical (unpaired) electrons. The first-order valence-electron chi connectivity index (χ1n) is 5.72. The maximum Gasteiger partial charge on any atom is 0.471 e. The van der Waals surface area contributed by atoms with Crippen molar-refractivity contribution in [2.24, 2.45) is 0 Å². The molecule has 1 heterocycles. The molecule has 0 aliphatic carbocycles. The summed E-state index contributed by atoms with van der Waals surface area (Å²) in [6, 6.07) is 4.64. The topological polar surface area (TPSA) is 88.0 Å². The summed E-state index contributed by atoms with van der Waals surface area (Å²) in [6.07, 6.45) is -1.48. The van der Waals surface area contributed by atoms with E-state index in [1.54, 1.807) is 12.1 Å². The number of phosphoric acid groups is 1. The van der Waals surface area contributed by atoms with Crippen molar-refractivity contribution in [2.75, 3.05) is 13.7 Å². The number of phosphoric ester groups is 1. The standard InChI is InChI=1S/C11H15FNO5P/c1-13-11(18-19(14,15)16)10-9-7(5-6-17-10)3-2-4-8(9)12/h2-4,10-11,13H,5-6H2,1H3,(H2,14,15,16). The minimum Gasteiger partial charge on any atom is -0.369 e. The highest BCUT2D eigenvalue weighted by atomic mass is 31.2. The zero-order valence-corrected chi connectivity index (χ0v) is 11.1. The molecule has 1 aliphatic rings. The van der Waals surface area contributed by atoms with Crippen molar-refractivity contribution >= 4 is 7.82 Å². The summed E-state index contributed by atoms with van der Waals surface area (Å²) in [6.45, 7) is 0.337. The lowest BCUT2D eigenvalue weighted by atomic mass is 9.96. The van der Waals surface area contributed by atoms with Gasteiger partial charge in [0.05, 0.1) is 6.61 Å². The van der Waals surface area contributed by atoms with Gasteiger partial charge in [0.1, 0.15) is 11.9 Å². The van der Waals surface area contributed by atoms with Crippen LogP contribution in [0.25, 0.3) is 0 Å². The number of hydrogen-bond donors (Lipinski definition) is 3. The number of hydrogen-bond acceptors (Lipinski definition) is 4. The molecule has 106 valence electrons. The van der Waals surface area contributed by atoms with Gasteiger partial charge in [0.15, 0.2) is 6.23 Å². The van der Waals surface area contributed by atoms with Gasteiger partial charge in [-0.3, -0.25) is 9.84 Å². The van der Waals surface area contributed by atoms with E-state index in [4.69, 9.17) is 14.5 Å². The Morgan fingerprint density at radius 3 is 2.95 bits per heavy atom. The van der Waals surface area contributed by atoms with E-state index in [-0.39, 0.29) is 5.56 Å². The maximum atomic E-state index is 13.9. The van der Waals surface area contributed by atoms with Gasteiger partial charge in [-0.1, -0.05) is 12.1 Å². The van der Waals surface area contributed by atoms with Crippen LogP contribution in [0, 0.1) is 5.82 Å². The van der Waals surface area contributed by atoms with Gasteiger partial charge >= 0.3 is 7.82 Å². The lowest BCUT2D eigenvalue weighted by Crippen LogP contribution is -2.38. The van der Waals surface area contributed by atoms with Crippen molar-refractivity contribution < 1.29 is 28.0 Å². The predicted octanol–water partition coefficient (Wildman–Crippen LogP) is 1.09. The molecule has 0 saturated carbocycles. The van der Waals surface area contributed by atoms with Gasteiger partial charge in [-0.15, -0.1) is 0 Å². The van der Waals surface area contributed by atoms with E-state index in [0.29, 0.717) is 13.0 Å². The summed E-state index contributed by atoms with van der Waals surface area (Å²) in [5.74, 6) is -0.475. The summed E-state index contributed by atoms with van der Waals surface area (Å²) in [5.41, 5.74) is 1.03. The van der Waals surface area contributed by atoms with Crippen LogP contribution >= 0.6 is 7.82 Å². The van der Waals surface area contributed by atoms with Crippen molar-refractivity contribution in [2.45, 2.75) is 18.8 Å². The summed E-state index contributed by atoms with van der Waals surface area (Å²) in [5, 5.41) is 2.59. The highest BCUT2D eigenvalue weighted by molar-refractivity contribution is 7.46. The lowest BCUT2D eigenvalue weighted by Gasteiger charge is -2.32. The SMILES string of the molecule is CNC(OP(=O)(O)O)C1OCCc2cccc(F)c21. The summed E-state index contributed by atoms with van der Waals surface area (Å²) in [7, 11) is -3.24. The van der Waals surface area contributed by atoms with Gasteiger partial charge in [-0.2, -0.15) is 0 Å². The third-order valence-electron chi connectivity index (χ3n) is 2.91. The Balaban J connectivity index is 2.34. The molecule has 19 heavy (non-hydrogen) atoms. The van der Waals surface area contributed by atoms with E-state index >= 15 is 0 Å². The normalized spacial score (nSPS) is 20.9. The molecule has 2 rings (SSSR count). The second kappa shape index (κ2) is 5.66. The molecule has 0 bridgehead atoms. The Morgan fingerprint density at radius 1 is 1.58 bits per heavy atom. The zero-order chi connectivity index (χ0) is 14.0. The van der Waals surface area contributed by atoms with Crippen LogP contribution in [0.1, 0.15) is 17.2 Å². The Hall–Kier alpha value is -0.820. The van der Waals surface area contributed by atoms with Crippen LogP contribution < -0.4 is 5.32 Å². The van der Waals surface area contributed by atoms with E-state index in [0.717, 1.165) is 5.56 Å². The number of ether oxygens (including phenoxy) is 1. The predicted molar refractivity (Wildman–Crippen MR) is 64.8 cm³/mol. The molecule has 0 fully saturated rings. The highest BCUT2D eigenvalue weighted by Crippen LogP contribution is 2.42. The highest BCUT2D eigenvalue weighted by Gasteiger charge is 2.35. The van der Waals surface area contributed by atoms with E-state index in [2.05, 4.69) is 9.84 Å². The van der Waals surface area contributed by atoms with Crippen molar-refractivity contribution in [3.63, 3.8) is 0 Å². The Morgan fingerprint density at radius 2 is 2.32 bits per heavy atom. The van der Waals surface area contributed by atoms with Crippen LogP contribution in [-0.4, -0.2) is 29.7 Å². The van der Waals surface area contributed by atoms with E-state index in [1.165, 1.54) is 13.1 Å². The third-order valence-corrected chi connectivity index (χ3v) is 3.41. The average molecular weight is 291 g/mol. The molecule has 3 N–H and O–H groups in total. The Kier molecular flexibility index (Phi) is 4.35. The molecule has 8 heteroatoms. The van der Waals surface area contributed by atoms with Crippen LogP contribution in [0.15, 0.2) is 18.2 Å². The van der Waals surface area contributed by atoms with E-state index < -0.39 is 26.0 Å². The molecule has 0 saturated heterocycles. The minimum absolute atomic E-state index is 0.279. The van der Waals surface area contributed by atoms with Gasteiger partial charge < -0.3 is 14.5 Å². The molecule has 2 atom stereocenters. The van der Waals surface area contributed by atoms with Crippen molar-refractivity contribution in [1.82, 2.24) is 5.32 Å². The molecule has 0 amide bonds. The zero-order valence-electron chi connectivity index (χ0n) is 10.2. The lowest BCUT2D eigenvalue weighted by molar-refractivity contribution is -0.0568. The molecule has 1 aromatic rings. The molecule has 6 nitrogen and oxygen atoms in total. The van der Waals surface area contributed by atoms with Crippen LogP contribution in [-0.2, 0) is 20.2 Å². The van der Waals surface area contributed by atoms with Gasteiger partial charge in [0.2, 0.25) is 0 Å². The number of rotatable bonds is 4. The molecular formula is C11H15FNO5P. The first kappa shape index (κ1) is 14.6. The van der Waals surface area contributed by atoms with E-state index in [9.17, 15) is 8.96 Å². The summed E-state index contributed by atoms with van der Waals surface area (Å²) in [4.78, 5) is 17.7. The Labute approximate surface area is 109 Å². The molecule has 0 aromatic heterocycles. The van der Waals surface area contributed by atoms with Crippen molar-refractivity contribution in [3.8, 4) is 0 Å². The van der Waals surface area contributed by atoms with Crippen molar-refractivity contribution in [3.05, 3.63) is 35.1 Å². The van der Waals surface area contributed by atoms with Crippen molar-refractivity contribution in [1.29, 1.82) is 0 Å². The number of halogens is 1. The fourth-order valence-electron chi connectivity index (χ4n) is 2.14. The number of likely N-dealkylation sites (N-methyl/N-ethyl adjacent to an activating group) is 1. The molecule has 0 spiro atoms. The number of benzene rings is 1. The molecule has 1 aromatic carbocycles. The maximum absolute atomic E-state index is 13.9. The van der Waals surface area contributed by atoms with Crippen LogP contribution in [0.5, 0.6) is 0 Å². The van der Waals surface area contributed by atoms with Crippen LogP contribution in [0.2, 0.25) is 0 Å². The fourth-order valence-corrected chi connectivity index (χ4v) is 2.66. The largest absolute Gasteiger partial charge is 0.471 e. The second-order valence-corrected chi connectivity index (χ2v) is 5.35. The first-order chi connectivity index (χ1) is 8.92. The average Bonchev–Trinajstić information content (AvgIpc) is 2.34. The molecule has 2 unspecified atom stereocenters. The first-order valence-corrected chi connectivity index (χ1v) is 7.25. The van der Waals surface area contributed by atoms with Gasteiger partial charge in [-0.25, -0.2) is 8.96 Å². The van der Waals surface area contributed by atoms with Gasteiger partial charge in [0, 0.05) is 5.56 Å². The monoisotopic (exact) mass is 291 g/mol. The van der Waals surface area contributed by atoms with E-state index in [1.807, 2.05) is 0 Å².